The van der Waals surface area contributed by atoms with Gasteiger partial charge in [-0.25, -0.2) is 13.4 Å². The minimum absolute atomic E-state index is 0.243. The molecule has 2 aliphatic rings. The normalized spacial score (nSPS) is 21.3. The minimum Gasteiger partial charge on any atom is -0.349 e. The van der Waals surface area contributed by atoms with Crippen LogP contribution in [0.5, 0.6) is 0 Å². The Kier molecular flexibility index (Phi) is 4.71. The summed E-state index contributed by atoms with van der Waals surface area (Å²) in [5.41, 5.74) is 3.50. The molecule has 1 atom stereocenters. The van der Waals surface area contributed by atoms with E-state index in [0.29, 0.717) is 13.1 Å². The summed E-state index contributed by atoms with van der Waals surface area (Å²) in [6.07, 6.45) is 5.53. The predicted octanol–water partition coefficient (Wildman–Crippen LogP) is 2.56. The lowest BCUT2D eigenvalue weighted by atomic mass is 10.0. The molecule has 27 heavy (non-hydrogen) atoms. The van der Waals surface area contributed by atoms with Crippen LogP contribution in [0.25, 0.3) is 0 Å². The maximum atomic E-state index is 12.7. The summed E-state index contributed by atoms with van der Waals surface area (Å²) in [7, 11) is -1.44. The molecule has 2 saturated heterocycles. The van der Waals surface area contributed by atoms with Gasteiger partial charge in [-0.15, -0.1) is 0 Å². The SMILES string of the molecule is Cc1nn(C)c(C)c1C1CCCN1c1ccc(S(=O)(=O)N2CCCC2)cn1. The van der Waals surface area contributed by atoms with E-state index in [1.54, 1.807) is 10.4 Å². The molecule has 0 spiro atoms. The number of sulfonamides is 1. The molecule has 2 fully saturated rings. The molecule has 4 heterocycles. The average molecular weight is 390 g/mol. The Labute approximate surface area is 161 Å². The van der Waals surface area contributed by atoms with Gasteiger partial charge in [-0.05, 0) is 51.7 Å². The first-order valence-corrected chi connectivity index (χ1v) is 11.1. The summed E-state index contributed by atoms with van der Waals surface area (Å²) in [6.45, 7) is 6.29. The van der Waals surface area contributed by atoms with Gasteiger partial charge in [0.25, 0.3) is 0 Å². The average Bonchev–Trinajstić information content (AvgIpc) is 3.38. The zero-order valence-electron chi connectivity index (χ0n) is 16.2. The fourth-order valence-electron chi connectivity index (χ4n) is 4.39. The Bertz CT molecular complexity index is 930. The third-order valence-electron chi connectivity index (χ3n) is 5.87. The molecule has 0 N–H and O–H groups in total. The van der Waals surface area contributed by atoms with Crippen molar-refractivity contribution >= 4 is 15.8 Å². The van der Waals surface area contributed by atoms with Crippen LogP contribution in [-0.2, 0) is 17.1 Å². The van der Waals surface area contributed by atoms with Gasteiger partial charge in [0.2, 0.25) is 10.0 Å². The van der Waals surface area contributed by atoms with Crippen molar-refractivity contribution in [2.75, 3.05) is 24.5 Å². The van der Waals surface area contributed by atoms with Crippen LogP contribution in [0.15, 0.2) is 23.2 Å². The first-order valence-electron chi connectivity index (χ1n) is 9.62. The standard InChI is InChI=1S/C19H27N5O2S/c1-14-19(15(2)22(3)21-14)17-7-6-12-24(17)18-9-8-16(13-20-18)27(25,26)23-10-4-5-11-23/h8-9,13,17H,4-7,10-12H2,1-3H3. The molecule has 1 unspecified atom stereocenters. The summed E-state index contributed by atoms with van der Waals surface area (Å²) in [5, 5.41) is 4.56. The lowest BCUT2D eigenvalue weighted by Gasteiger charge is -2.26. The Morgan fingerprint density at radius 2 is 1.81 bits per heavy atom. The van der Waals surface area contributed by atoms with E-state index in [9.17, 15) is 8.42 Å². The Morgan fingerprint density at radius 3 is 2.41 bits per heavy atom. The second-order valence-electron chi connectivity index (χ2n) is 7.52. The third kappa shape index (κ3) is 3.14. The summed E-state index contributed by atoms with van der Waals surface area (Å²) in [6, 6.07) is 3.80. The predicted molar refractivity (Wildman–Crippen MR) is 104 cm³/mol. The monoisotopic (exact) mass is 389 g/mol. The quantitative estimate of drug-likeness (QED) is 0.804. The van der Waals surface area contributed by atoms with Gasteiger partial charge in [-0.2, -0.15) is 9.40 Å². The molecule has 0 bridgehead atoms. The molecule has 0 saturated carbocycles. The van der Waals surface area contributed by atoms with Gasteiger partial charge in [0, 0.05) is 44.1 Å². The number of nitrogens with zero attached hydrogens (tertiary/aromatic N) is 5. The molecule has 8 heteroatoms. The molecule has 0 aromatic carbocycles. The molecule has 0 radical (unpaired) electrons. The summed E-state index contributed by atoms with van der Waals surface area (Å²) < 4.78 is 28.9. The molecule has 4 rings (SSSR count). The number of pyridine rings is 1. The second kappa shape index (κ2) is 6.91. The zero-order valence-corrected chi connectivity index (χ0v) is 17.0. The van der Waals surface area contributed by atoms with E-state index in [1.165, 1.54) is 17.5 Å². The van der Waals surface area contributed by atoms with Crippen molar-refractivity contribution in [2.45, 2.75) is 50.5 Å². The Balaban J connectivity index is 1.61. The highest BCUT2D eigenvalue weighted by atomic mass is 32.2. The molecule has 2 aliphatic heterocycles. The number of aryl methyl sites for hydroxylation is 2. The van der Waals surface area contributed by atoms with Crippen molar-refractivity contribution in [3.8, 4) is 0 Å². The van der Waals surface area contributed by atoms with E-state index in [-0.39, 0.29) is 10.9 Å². The number of hydrogen-bond acceptors (Lipinski definition) is 5. The van der Waals surface area contributed by atoms with Gasteiger partial charge in [0.1, 0.15) is 10.7 Å². The summed E-state index contributed by atoms with van der Waals surface area (Å²) in [5.74, 6) is 0.834. The summed E-state index contributed by atoms with van der Waals surface area (Å²) in [4.78, 5) is 7.10. The summed E-state index contributed by atoms with van der Waals surface area (Å²) >= 11 is 0. The first-order chi connectivity index (χ1) is 12.9. The van der Waals surface area contributed by atoms with E-state index in [0.717, 1.165) is 43.7 Å². The van der Waals surface area contributed by atoms with Crippen molar-refractivity contribution in [3.63, 3.8) is 0 Å². The van der Waals surface area contributed by atoms with E-state index in [2.05, 4.69) is 28.8 Å². The van der Waals surface area contributed by atoms with Crippen LogP contribution in [0.1, 0.15) is 48.7 Å². The maximum Gasteiger partial charge on any atom is 0.244 e. The molecule has 2 aromatic heterocycles. The molecule has 0 aliphatic carbocycles. The molecule has 0 amide bonds. The van der Waals surface area contributed by atoms with E-state index in [1.807, 2.05) is 17.8 Å². The van der Waals surface area contributed by atoms with E-state index >= 15 is 0 Å². The van der Waals surface area contributed by atoms with Crippen LogP contribution in [0.2, 0.25) is 0 Å². The molecule has 146 valence electrons. The highest BCUT2D eigenvalue weighted by molar-refractivity contribution is 7.89. The Morgan fingerprint density at radius 1 is 1.07 bits per heavy atom. The fourth-order valence-corrected chi connectivity index (χ4v) is 5.85. The van der Waals surface area contributed by atoms with Crippen LogP contribution in [0.4, 0.5) is 5.82 Å². The fraction of sp³-hybridized carbons (Fsp3) is 0.579. The molecule has 2 aromatic rings. The highest BCUT2D eigenvalue weighted by Gasteiger charge is 2.32. The van der Waals surface area contributed by atoms with Crippen molar-refractivity contribution in [3.05, 3.63) is 35.3 Å². The number of anilines is 1. The number of hydrogen-bond donors (Lipinski definition) is 0. The first kappa shape index (κ1) is 18.4. The highest BCUT2D eigenvalue weighted by Crippen LogP contribution is 2.38. The van der Waals surface area contributed by atoms with Gasteiger partial charge >= 0.3 is 0 Å². The molecular formula is C19H27N5O2S. The number of rotatable bonds is 4. The van der Waals surface area contributed by atoms with Crippen LogP contribution in [0.3, 0.4) is 0 Å². The van der Waals surface area contributed by atoms with E-state index < -0.39 is 10.0 Å². The number of aromatic nitrogens is 3. The minimum atomic E-state index is -3.42. The van der Waals surface area contributed by atoms with Crippen LogP contribution in [-0.4, -0.2) is 47.1 Å². The van der Waals surface area contributed by atoms with Gasteiger partial charge < -0.3 is 4.90 Å². The maximum absolute atomic E-state index is 12.7. The van der Waals surface area contributed by atoms with Crippen LogP contribution < -0.4 is 4.90 Å². The Hall–Kier alpha value is -1.93. The van der Waals surface area contributed by atoms with Gasteiger partial charge in [0.15, 0.2) is 0 Å². The largest absolute Gasteiger partial charge is 0.349 e. The van der Waals surface area contributed by atoms with Gasteiger partial charge in [-0.1, -0.05) is 0 Å². The third-order valence-corrected chi connectivity index (χ3v) is 7.75. The lowest BCUT2D eigenvalue weighted by molar-refractivity contribution is 0.477. The topological polar surface area (TPSA) is 71.3 Å². The van der Waals surface area contributed by atoms with Crippen molar-refractivity contribution < 1.29 is 8.42 Å². The van der Waals surface area contributed by atoms with Crippen molar-refractivity contribution in [1.82, 2.24) is 19.1 Å². The van der Waals surface area contributed by atoms with Gasteiger partial charge in [0.05, 0.1) is 11.7 Å². The van der Waals surface area contributed by atoms with Crippen molar-refractivity contribution in [2.24, 2.45) is 7.05 Å². The zero-order chi connectivity index (χ0) is 19.2. The van der Waals surface area contributed by atoms with E-state index in [4.69, 9.17) is 0 Å². The molecule has 7 nitrogen and oxygen atoms in total. The van der Waals surface area contributed by atoms with Crippen molar-refractivity contribution in [1.29, 1.82) is 0 Å². The van der Waals surface area contributed by atoms with Crippen LogP contribution in [0, 0.1) is 13.8 Å². The van der Waals surface area contributed by atoms with Gasteiger partial charge in [-0.3, -0.25) is 4.68 Å². The van der Waals surface area contributed by atoms with Crippen LogP contribution >= 0.6 is 0 Å². The smallest absolute Gasteiger partial charge is 0.244 e. The second-order valence-corrected chi connectivity index (χ2v) is 9.46. The molecular weight excluding hydrogens is 362 g/mol. The lowest BCUT2D eigenvalue weighted by Crippen LogP contribution is -2.28.